The minimum atomic E-state index is 0.513. The van der Waals surface area contributed by atoms with Gasteiger partial charge in [0.1, 0.15) is 0 Å². The van der Waals surface area contributed by atoms with Crippen molar-refractivity contribution in [2.75, 3.05) is 27.9 Å². The van der Waals surface area contributed by atoms with Crippen LogP contribution >= 0.6 is 0 Å². The van der Waals surface area contributed by atoms with Crippen molar-refractivity contribution in [1.29, 1.82) is 0 Å². The molecule has 0 N–H and O–H groups in total. The summed E-state index contributed by atoms with van der Waals surface area (Å²) in [4.78, 5) is 0. The van der Waals surface area contributed by atoms with Crippen molar-refractivity contribution in [3.8, 4) is 17.2 Å². The van der Waals surface area contributed by atoms with Crippen LogP contribution < -0.4 is 14.2 Å². The monoisotopic (exact) mass is 236 g/mol. The van der Waals surface area contributed by atoms with Crippen LogP contribution in [0.15, 0.2) is 12.6 Å². The van der Waals surface area contributed by atoms with Crippen molar-refractivity contribution < 1.29 is 18.9 Å². The molecule has 0 radical (unpaired) electrons. The number of methoxy groups -OCH3 is 3. The average molecular weight is 236 g/mol. The standard InChI is InChI=1S/C13H16O4/c1-8-6-17-7-9-5-10(14-2)12(15-3)13(16-4)11(8)9/h5H,1,6-7H2,2-4H3. The molecule has 1 aromatic carbocycles. The van der Waals surface area contributed by atoms with Gasteiger partial charge in [0.2, 0.25) is 5.75 Å². The van der Waals surface area contributed by atoms with E-state index in [0.717, 1.165) is 16.7 Å². The second-order valence-corrected chi connectivity index (χ2v) is 3.78. The Kier molecular flexibility index (Phi) is 3.24. The van der Waals surface area contributed by atoms with E-state index in [9.17, 15) is 0 Å². The van der Waals surface area contributed by atoms with Gasteiger partial charge in [0, 0.05) is 5.56 Å². The van der Waals surface area contributed by atoms with Crippen molar-refractivity contribution in [3.63, 3.8) is 0 Å². The summed E-state index contributed by atoms with van der Waals surface area (Å²) in [5.41, 5.74) is 2.87. The second kappa shape index (κ2) is 4.67. The zero-order valence-electron chi connectivity index (χ0n) is 10.3. The molecular weight excluding hydrogens is 220 g/mol. The van der Waals surface area contributed by atoms with E-state index in [1.54, 1.807) is 21.3 Å². The van der Waals surface area contributed by atoms with E-state index < -0.39 is 0 Å². The van der Waals surface area contributed by atoms with Crippen LogP contribution in [0, 0.1) is 0 Å². The Morgan fingerprint density at radius 2 is 1.76 bits per heavy atom. The lowest BCUT2D eigenvalue weighted by atomic mass is 9.97. The van der Waals surface area contributed by atoms with Gasteiger partial charge in [0.25, 0.3) is 0 Å². The van der Waals surface area contributed by atoms with E-state index in [1.807, 2.05) is 6.07 Å². The first-order chi connectivity index (χ1) is 8.22. The van der Waals surface area contributed by atoms with Gasteiger partial charge in [-0.25, -0.2) is 0 Å². The molecular formula is C13H16O4. The summed E-state index contributed by atoms with van der Waals surface area (Å²) in [5, 5.41) is 0. The van der Waals surface area contributed by atoms with Gasteiger partial charge in [-0.15, -0.1) is 0 Å². The molecule has 4 heteroatoms. The molecule has 0 amide bonds. The Labute approximate surface area is 101 Å². The Balaban J connectivity index is 2.69. The molecule has 0 aromatic heterocycles. The number of rotatable bonds is 3. The number of ether oxygens (including phenoxy) is 4. The largest absolute Gasteiger partial charge is 0.493 e. The van der Waals surface area contributed by atoms with Crippen LogP contribution in [0.5, 0.6) is 17.2 Å². The summed E-state index contributed by atoms with van der Waals surface area (Å²) in [6.45, 7) is 5.04. The van der Waals surface area contributed by atoms with Gasteiger partial charge in [0.15, 0.2) is 11.5 Å². The molecule has 17 heavy (non-hydrogen) atoms. The summed E-state index contributed by atoms with van der Waals surface area (Å²) in [6, 6.07) is 1.90. The van der Waals surface area contributed by atoms with Gasteiger partial charge in [0.05, 0.1) is 34.5 Å². The van der Waals surface area contributed by atoms with E-state index in [2.05, 4.69) is 6.58 Å². The molecule has 1 aromatic rings. The lowest BCUT2D eigenvalue weighted by molar-refractivity contribution is 0.145. The van der Waals surface area contributed by atoms with Crippen LogP contribution in [0.1, 0.15) is 11.1 Å². The molecule has 0 saturated heterocycles. The SMILES string of the molecule is C=C1COCc2cc(OC)c(OC)c(OC)c21. The quantitative estimate of drug-likeness (QED) is 0.806. The second-order valence-electron chi connectivity index (χ2n) is 3.78. The summed E-state index contributed by atoms with van der Waals surface area (Å²) in [6.07, 6.45) is 0. The third-order valence-corrected chi connectivity index (χ3v) is 2.80. The van der Waals surface area contributed by atoms with Crippen LogP contribution in [0.2, 0.25) is 0 Å². The minimum absolute atomic E-state index is 0.513. The van der Waals surface area contributed by atoms with E-state index in [0.29, 0.717) is 30.5 Å². The predicted octanol–water partition coefficient (Wildman–Crippen LogP) is 2.26. The number of fused-ring (bicyclic) bond motifs is 1. The van der Waals surface area contributed by atoms with Gasteiger partial charge < -0.3 is 18.9 Å². The van der Waals surface area contributed by atoms with Crippen LogP contribution in [0.3, 0.4) is 0 Å². The third kappa shape index (κ3) is 1.85. The lowest BCUT2D eigenvalue weighted by Gasteiger charge is -2.24. The van der Waals surface area contributed by atoms with Crippen molar-refractivity contribution in [3.05, 3.63) is 23.8 Å². The fraction of sp³-hybridized carbons (Fsp3) is 0.385. The van der Waals surface area contributed by atoms with Crippen LogP contribution in [-0.4, -0.2) is 27.9 Å². The molecule has 0 unspecified atom stereocenters. The lowest BCUT2D eigenvalue weighted by Crippen LogP contribution is -2.11. The molecule has 4 nitrogen and oxygen atoms in total. The molecule has 0 saturated carbocycles. The highest BCUT2D eigenvalue weighted by atomic mass is 16.5. The third-order valence-electron chi connectivity index (χ3n) is 2.80. The zero-order valence-corrected chi connectivity index (χ0v) is 10.3. The van der Waals surface area contributed by atoms with Crippen molar-refractivity contribution in [1.82, 2.24) is 0 Å². The molecule has 1 heterocycles. The number of benzene rings is 1. The van der Waals surface area contributed by atoms with E-state index in [4.69, 9.17) is 18.9 Å². The van der Waals surface area contributed by atoms with Gasteiger partial charge in [-0.3, -0.25) is 0 Å². The first-order valence-electron chi connectivity index (χ1n) is 5.30. The maximum atomic E-state index is 5.43. The van der Waals surface area contributed by atoms with Crippen LogP contribution in [0.4, 0.5) is 0 Å². The van der Waals surface area contributed by atoms with Crippen molar-refractivity contribution >= 4 is 5.57 Å². The Bertz CT molecular complexity index is 451. The molecule has 2 rings (SSSR count). The molecule has 0 fully saturated rings. The topological polar surface area (TPSA) is 36.9 Å². The minimum Gasteiger partial charge on any atom is -0.493 e. The molecule has 92 valence electrons. The fourth-order valence-electron chi connectivity index (χ4n) is 2.06. The summed E-state index contributed by atoms with van der Waals surface area (Å²) < 4.78 is 21.5. The molecule has 0 bridgehead atoms. The van der Waals surface area contributed by atoms with Gasteiger partial charge >= 0.3 is 0 Å². The molecule has 0 atom stereocenters. The Morgan fingerprint density at radius 1 is 1.06 bits per heavy atom. The Hall–Kier alpha value is -1.68. The van der Waals surface area contributed by atoms with Crippen LogP contribution in [-0.2, 0) is 11.3 Å². The highest BCUT2D eigenvalue weighted by molar-refractivity contribution is 5.78. The van der Waals surface area contributed by atoms with Crippen LogP contribution in [0.25, 0.3) is 5.57 Å². The maximum absolute atomic E-state index is 5.43. The molecule has 1 aliphatic rings. The van der Waals surface area contributed by atoms with E-state index in [-0.39, 0.29) is 0 Å². The highest BCUT2D eigenvalue weighted by Crippen LogP contribution is 2.45. The summed E-state index contributed by atoms with van der Waals surface area (Å²) in [7, 11) is 4.80. The van der Waals surface area contributed by atoms with Gasteiger partial charge in [-0.2, -0.15) is 0 Å². The normalized spacial score (nSPS) is 14.2. The highest BCUT2D eigenvalue weighted by Gasteiger charge is 2.24. The van der Waals surface area contributed by atoms with E-state index >= 15 is 0 Å². The fourth-order valence-corrected chi connectivity index (χ4v) is 2.06. The predicted molar refractivity (Wildman–Crippen MR) is 64.8 cm³/mol. The molecule has 0 aliphatic carbocycles. The average Bonchev–Trinajstić information content (AvgIpc) is 2.36. The summed E-state index contributed by atoms with van der Waals surface area (Å²) >= 11 is 0. The van der Waals surface area contributed by atoms with Gasteiger partial charge in [-0.05, 0) is 17.2 Å². The summed E-state index contributed by atoms with van der Waals surface area (Å²) in [5.74, 6) is 1.90. The first kappa shape index (κ1) is 11.8. The number of hydrogen-bond donors (Lipinski definition) is 0. The van der Waals surface area contributed by atoms with E-state index in [1.165, 1.54) is 0 Å². The Morgan fingerprint density at radius 3 is 2.35 bits per heavy atom. The molecule has 1 aliphatic heterocycles. The smallest absolute Gasteiger partial charge is 0.203 e. The molecule has 0 spiro atoms. The van der Waals surface area contributed by atoms with Gasteiger partial charge in [-0.1, -0.05) is 6.58 Å². The first-order valence-corrected chi connectivity index (χ1v) is 5.30. The van der Waals surface area contributed by atoms with Crippen molar-refractivity contribution in [2.24, 2.45) is 0 Å². The number of hydrogen-bond acceptors (Lipinski definition) is 4. The maximum Gasteiger partial charge on any atom is 0.203 e. The zero-order chi connectivity index (χ0) is 12.4. The van der Waals surface area contributed by atoms with Crippen molar-refractivity contribution in [2.45, 2.75) is 6.61 Å².